The molecule has 0 atom stereocenters. The number of ether oxygens (including phenoxy) is 3. The molecular formula is C18H15BrN4O3S. The summed E-state index contributed by atoms with van der Waals surface area (Å²) in [4.78, 5) is 0.703. The number of fused-ring (bicyclic) bond motifs is 1. The first-order valence-corrected chi connectivity index (χ1v) is 9.61. The largest absolute Gasteiger partial charge is 0.493 e. The van der Waals surface area contributed by atoms with Gasteiger partial charge in [-0.25, -0.2) is 0 Å². The highest BCUT2D eigenvalue weighted by Gasteiger charge is 2.15. The Morgan fingerprint density at radius 3 is 2.52 bits per heavy atom. The van der Waals surface area contributed by atoms with E-state index in [1.165, 1.54) is 11.3 Å². The van der Waals surface area contributed by atoms with Crippen molar-refractivity contribution < 1.29 is 14.2 Å². The number of halogens is 1. The highest BCUT2D eigenvalue weighted by molar-refractivity contribution is 9.10. The summed E-state index contributed by atoms with van der Waals surface area (Å²) < 4.78 is 19.2. The zero-order chi connectivity index (χ0) is 18.8. The van der Waals surface area contributed by atoms with Gasteiger partial charge in [-0.05, 0) is 42.5 Å². The summed E-state index contributed by atoms with van der Waals surface area (Å²) in [5, 5.41) is 13.9. The molecule has 0 aliphatic carbocycles. The third-order valence-corrected chi connectivity index (χ3v) is 5.25. The van der Waals surface area contributed by atoms with Crippen molar-refractivity contribution in [2.24, 2.45) is 0 Å². The Bertz CT molecular complexity index is 1080. The Kier molecular flexibility index (Phi) is 4.95. The summed E-state index contributed by atoms with van der Waals surface area (Å²) in [6.07, 6.45) is 0. The first kappa shape index (κ1) is 17.7. The van der Waals surface area contributed by atoms with Gasteiger partial charge in [-0.2, -0.15) is 9.61 Å². The van der Waals surface area contributed by atoms with Gasteiger partial charge in [-0.3, -0.25) is 0 Å². The molecule has 2 heterocycles. The Morgan fingerprint density at radius 2 is 1.78 bits per heavy atom. The van der Waals surface area contributed by atoms with Gasteiger partial charge >= 0.3 is 0 Å². The zero-order valence-electron chi connectivity index (χ0n) is 14.5. The summed E-state index contributed by atoms with van der Waals surface area (Å²) in [7, 11) is 3.20. The minimum atomic E-state index is 0.362. The molecule has 0 spiro atoms. The van der Waals surface area contributed by atoms with Crippen LogP contribution in [0.3, 0.4) is 0 Å². The molecule has 4 rings (SSSR count). The second-order valence-electron chi connectivity index (χ2n) is 5.53. The van der Waals surface area contributed by atoms with Crippen molar-refractivity contribution in [1.29, 1.82) is 0 Å². The predicted molar refractivity (Wildman–Crippen MR) is 106 cm³/mol. The first-order valence-electron chi connectivity index (χ1n) is 8.00. The lowest BCUT2D eigenvalue weighted by molar-refractivity contribution is 0.304. The van der Waals surface area contributed by atoms with Crippen molar-refractivity contribution in [2.45, 2.75) is 6.61 Å². The highest BCUT2D eigenvalue weighted by atomic mass is 79.9. The lowest BCUT2D eigenvalue weighted by atomic mass is 10.2. The van der Waals surface area contributed by atoms with Crippen molar-refractivity contribution in [3.05, 3.63) is 51.9 Å². The van der Waals surface area contributed by atoms with Gasteiger partial charge in [0.15, 0.2) is 22.3 Å². The molecule has 0 radical (unpaired) electrons. The van der Waals surface area contributed by atoms with Gasteiger partial charge in [0.05, 0.1) is 14.2 Å². The Balaban J connectivity index is 1.59. The normalized spacial score (nSPS) is 10.9. The van der Waals surface area contributed by atoms with Crippen LogP contribution in [0.5, 0.6) is 17.2 Å². The molecular weight excluding hydrogens is 432 g/mol. The molecule has 0 amide bonds. The number of aromatic nitrogens is 4. The van der Waals surface area contributed by atoms with E-state index in [4.69, 9.17) is 14.2 Å². The summed E-state index contributed by atoms with van der Waals surface area (Å²) in [5.41, 5.74) is 0.839. The molecule has 2 aromatic heterocycles. The molecule has 0 aliphatic heterocycles. The van der Waals surface area contributed by atoms with Crippen molar-refractivity contribution in [3.63, 3.8) is 0 Å². The van der Waals surface area contributed by atoms with E-state index in [1.54, 1.807) is 18.7 Å². The molecule has 138 valence electrons. The van der Waals surface area contributed by atoms with Gasteiger partial charge in [-0.15, -0.1) is 10.2 Å². The van der Waals surface area contributed by atoms with Crippen LogP contribution in [0.15, 0.2) is 46.9 Å². The van der Waals surface area contributed by atoms with Gasteiger partial charge in [-0.1, -0.05) is 27.3 Å². The molecule has 0 N–H and O–H groups in total. The fraction of sp³-hybridized carbons (Fsp3) is 0.167. The summed E-state index contributed by atoms with van der Waals surface area (Å²) in [6.45, 7) is 0.362. The van der Waals surface area contributed by atoms with E-state index < -0.39 is 0 Å². The van der Waals surface area contributed by atoms with E-state index in [1.807, 2.05) is 42.5 Å². The van der Waals surface area contributed by atoms with Crippen molar-refractivity contribution >= 4 is 32.2 Å². The maximum atomic E-state index is 5.79. The van der Waals surface area contributed by atoms with Crippen molar-refractivity contribution in [3.8, 4) is 28.6 Å². The van der Waals surface area contributed by atoms with Gasteiger partial charge in [0.25, 0.3) is 0 Å². The van der Waals surface area contributed by atoms with E-state index in [9.17, 15) is 0 Å². The summed E-state index contributed by atoms with van der Waals surface area (Å²) in [6, 6.07) is 13.3. The highest BCUT2D eigenvalue weighted by Crippen LogP contribution is 2.32. The van der Waals surface area contributed by atoms with Crippen LogP contribution < -0.4 is 14.2 Å². The number of methoxy groups -OCH3 is 2. The van der Waals surface area contributed by atoms with Crippen LogP contribution >= 0.6 is 27.3 Å². The molecule has 0 unspecified atom stereocenters. The predicted octanol–water partition coefficient (Wildman–Crippen LogP) is 4.21. The maximum Gasteiger partial charge on any atom is 0.235 e. The molecule has 0 saturated carbocycles. The van der Waals surface area contributed by atoms with Crippen LogP contribution in [0.2, 0.25) is 0 Å². The van der Waals surface area contributed by atoms with Crippen molar-refractivity contribution in [1.82, 2.24) is 19.8 Å². The molecule has 0 fully saturated rings. The fourth-order valence-corrected chi connectivity index (χ4v) is 3.56. The number of hydrogen-bond acceptors (Lipinski definition) is 7. The molecule has 0 saturated heterocycles. The van der Waals surface area contributed by atoms with Crippen LogP contribution in [0.1, 0.15) is 5.01 Å². The monoisotopic (exact) mass is 446 g/mol. The average molecular weight is 447 g/mol. The lowest BCUT2D eigenvalue weighted by Gasteiger charge is -2.08. The van der Waals surface area contributed by atoms with E-state index in [0.29, 0.717) is 28.9 Å². The van der Waals surface area contributed by atoms with E-state index in [2.05, 4.69) is 31.2 Å². The van der Waals surface area contributed by atoms with Crippen LogP contribution in [0, 0.1) is 0 Å². The topological polar surface area (TPSA) is 70.8 Å². The maximum absolute atomic E-state index is 5.79. The van der Waals surface area contributed by atoms with Gasteiger partial charge < -0.3 is 14.2 Å². The second kappa shape index (κ2) is 7.53. The smallest absolute Gasteiger partial charge is 0.235 e. The van der Waals surface area contributed by atoms with Crippen LogP contribution in [-0.2, 0) is 6.61 Å². The number of rotatable bonds is 6. The molecule has 2 aromatic carbocycles. The third-order valence-electron chi connectivity index (χ3n) is 3.85. The molecule has 4 aromatic rings. The Hall–Kier alpha value is -2.65. The van der Waals surface area contributed by atoms with E-state index in [-0.39, 0.29) is 0 Å². The molecule has 0 bridgehead atoms. The molecule has 9 heteroatoms. The molecule has 27 heavy (non-hydrogen) atoms. The SMILES string of the molecule is COc1ccc(-c2nnc3sc(COc4ccc(Br)cc4)nn23)cc1OC. The fourth-order valence-electron chi connectivity index (χ4n) is 2.55. The Labute approximate surface area is 167 Å². The van der Waals surface area contributed by atoms with Crippen LogP contribution in [-0.4, -0.2) is 34.0 Å². The van der Waals surface area contributed by atoms with Gasteiger partial charge in [0.1, 0.15) is 12.4 Å². The molecule has 0 aliphatic rings. The van der Waals surface area contributed by atoms with E-state index in [0.717, 1.165) is 20.8 Å². The average Bonchev–Trinajstić information content (AvgIpc) is 3.27. The summed E-state index contributed by atoms with van der Waals surface area (Å²) >= 11 is 4.85. The number of benzene rings is 2. The molecule has 7 nitrogen and oxygen atoms in total. The number of hydrogen-bond donors (Lipinski definition) is 0. The lowest BCUT2D eigenvalue weighted by Crippen LogP contribution is -1.98. The minimum absolute atomic E-state index is 0.362. The van der Waals surface area contributed by atoms with Gasteiger partial charge in [0.2, 0.25) is 4.96 Å². The zero-order valence-corrected chi connectivity index (χ0v) is 17.0. The standard InChI is InChI=1S/C18H15BrN4O3S/c1-24-14-8-3-11(9-15(14)25-2)17-20-21-18-23(17)22-16(27-18)10-26-13-6-4-12(19)5-7-13/h3-9H,10H2,1-2H3. The quantitative estimate of drug-likeness (QED) is 0.441. The Morgan fingerprint density at radius 1 is 1.00 bits per heavy atom. The summed E-state index contributed by atoms with van der Waals surface area (Å²) in [5.74, 6) is 2.70. The third kappa shape index (κ3) is 3.60. The first-order chi connectivity index (χ1) is 13.2. The van der Waals surface area contributed by atoms with Crippen molar-refractivity contribution in [2.75, 3.05) is 14.2 Å². The van der Waals surface area contributed by atoms with Crippen LogP contribution in [0.25, 0.3) is 16.3 Å². The number of nitrogens with zero attached hydrogens (tertiary/aromatic N) is 4. The van der Waals surface area contributed by atoms with E-state index >= 15 is 0 Å². The van der Waals surface area contributed by atoms with Gasteiger partial charge in [0, 0.05) is 10.0 Å². The minimum Gasteiger partial charge on any atom is -0.493 e. The second-order valence-corrected chi connectivity index (χ2v) is 7.48. The van der Waals surface area contributed by atoms with Crippen LogP contribution in [0.4, 0.5) is 0 Å².